The van der Waals surface area contributed by atoms with Crippen LogP contribution in [0.4, 0.5) is 0 Å². The van der Waals surface area contributed by atoms with Gasteiger partial charge in [-0.15, -0.1) is 0 Å². The molecule has 2 amide bonds. The van der Waals surface area contributed by atoms with E-state index < -0.39 is 0 Å². The first-order valence-corrected chi connectivity index (χ1v) is 11.4. The van der Waals surface area contributed by atoms with Crippen LogP contribution in [-0.4, -0.2) is 50.1 Å². The van der Waals surface area contributed by atoms with Crippen LogP contribution in [0.15, 0.2) is 48.8 Å². The van der Waals surface area contributed by atoms with Gasteiger partial charge in [0.25, 0.3) is 5.91 Å². The quantitative estimate of drug-likeness (QED) is 0.511. The molecule has 1 aromatic carbocycles. The Bertz CT molecular complexity index is 1410. The second-order valence-electron chi connectivity index (χ2n) is 8.54. The van der Waals surface area contributed by atoms with Gasteiger partial charge in [-0.25, -0.2) is 0 Å². The average Bonchev–Trinajstić information content (AvgIpc) is 3.07. The molecule has 34 heavy (non-hydrogen) atoms. The Morgan fingerprint density at radius 3 is 2.71 bits per heavy atom. The van der Waals surface area contributed by atoms with Crippen LogP contribution in [0.1, 0.15) is 35.1 Å². The first-order chi connectivity index (χ1) is 16.5. The molecule has 172 valence electrons. The van der Waals surface area contributed by atoms with E-state index in [0.29, 0.717) is 31.6 Å². The van der Waals surface area contributed by atoms with Gasteiger partial charge in [-0.3, -0.25) is 24.2 Å². The van der Waals surface area contributed by atoms with Crippen LogP contribution in [0, 0.1) is 0 Å². The number of aromatic nitrogens is 4. The summed E-state index contributed by atoms with van der Waals surface area (Å²) in [5.74, 6) is -0.0369. The lowest BCUT2D eigenvalue weighted by Gasteiger charge is -2.15. The lowest BCUT2D eigenvalue weighted by Crippen LogP contribution is -2.24. The van der Waals surface area contributed by atoms with Crippen molar-refractivity contribution in [3.63, 3.8) is 0 Å². The van der Waals surface area contributed by atoms with E-state index in [1.54, 1.807) is 17.2 Å². The van der Waals surface area contributed by atoms with Crippen LogP contribution in [0.5, 0.6) is 0 Å². The number of nitrogens with one attached hydrogen (secondary N) is 1. The zero-order chi connectivity index (χ0) is 23.8. The van der Waals surface area contributed by atoms with Crippen molar-refractivity contribution in [3.05, 3.63) is 65.7 Å². The Kier molecular flexibility index (Phi) is 5.57. The Balaban J connectivity index is 1.54. The topological polar surface area (TPSA) is 93.0 Å². The Labute approximate surface area is 197 Å². The lowest BCUT2D eigenvalue weighted by atomic mass is 9.98. The van der Waals surface area contributed by atoms with Crippen molar-refractivity contribution in [2.45, 2.75) is 26.3 Å². The molecule has 8 heteroatoms. The highest BCUT2D eigenvalue weighted by Gasteiger charge is 2.25. The van der Waals surface area contributed by atoms with Gasteiger partial charge in [0.15, 0.2) is 0 Å². The van der Waals surface area contributed by atoms with Crippen LogP contribution in [0.3, 0.4) is 0 Å². The molecule has 0 aliphatic carbocycles. The van der Waals surface area contributed by atoms with E-state index >= 15 is 0 Å². The number of rotatable bonds is 4. The van der Waals surface area contributed by atoms with Gasteiger partial charge in [-0.1, -0.05) is 18.2 Å². The van der Waals surface area contributed by atoms with Gasteiger partial charge in [0.05, 0.1) is 11.4 Å². The van der Waals surface area contributed by atoms with Gasteiger partial charge >= 0.3 is 0 Å². The molecule has 3 aromatic heterocycles. The number of carbonyl (C=O) groups is 2. The Morgan fingerprint density at radius 2 is 1.94 bits per heavy atom. The number of carbonyl (C=O) groups excluding carboxylic acids is 2. The van der Waals surface area contributed by atoms with Crippen molar-refractivity contribution in [1.29, 1.82) is 0 Å². The smallest absolute Gasteiger partial charge is 0.269 e. The minimum absolute atomic E-state index is 0.151. The van der Waals surface area contributed by atoms with Gasteiger partial charge in [0, 0.05) is 73.8 Å². The highest BCUT2D eigenvalue weighted by molar-refractivity contribution is 5.98. The molecule has 1 aliphatic heterocycles. The average molecular weight is 455 g/mol. The molecule has 1 aliphatic rings. The number of hydrogen-bond acceptors (Lipinski definition) is 5. The normalized spacial score (nSPS) is 13.6. The van der Waals surface area contributed by atoms with E-state index in [-0.39, 0.29) is 11.8 Å². The van der Waals surface area contributed by atoms with E-state index in [4.69, 9.17) is 10.1 Å². The second kappa shape index (κ2) is 8.70. The number of fused-ring (bicyclic) bond motifs is 2. The zero-order valence-electron chi connectivity index (χ0n) is 19.5. The molecule has 0 atom stereocenters. The summed E-state index contributed by atoms with van der Waals surface area (Å²) in [6, 6.07) is 11.7. The first kappa shape index (κ1) is 21.8. The Morgan fingerprint density at radius 1 is 1.09 bits per heavy atom. The van der Waals surface area contributed by atoms with Crippen LogP contribution in [-0.2, 0) is 24.8 Å². The van der Waals surface area contributed by atoms with Crippen molar-refractivity contribution in [2.75, 3.05) is 13.6 Å². The minimum Gasteiger partial charge on any atom is -0.351 e. The Hall–Kier alpha value is -4.07. The molecule has 0 unspecified atom stereocenters. The molecule has 4 heterocycles. The summed E-state index contributed by atoms with van der Waals surface area (Å²) in [7, 11) is 3.79. The third-order valence-corrected chi connectivity index (χ3v) is 6.32. The molecule has 4 aromatic rings. The highest BCUT2D eigenvalue weighted by Crippen LogP contribution is 2.34. The summed E-state index contributed by atoms with van der Waals surface area (Å²) in [4.78, 5) is 35.0. The van der Waals surface area contributed by atoms with Gasteiger partial charge in [0.2, 0.25) is 5.91 Å². The van der Waals surface area contributed by atoms with Crippen molar-refractivity contribution in [2.24, 2.45) is 7.05 Å². The van der Waals surface area contributed by atoms with E-state index in [2.05, 4.69) is 22.4 Å². The van der Waals surface area contributed by atoms with Crippen molar-refractivity contribution in [1.82, 2.24) is 30.0 Å². The van der Waals surface area contributed by atoms with Gasteiger partial charge in [-0.2, -0.15) is 5.10 Å². The summed E-state index contributed by atoms with van der Waals surface area (Å²) in [5, 5.41) is 9.62. The monoisotopic (exact) mass is 454 g/mol. The number of hydrogen-bond donors (Lipinski definition) is 1. The van der Waals surface area contributed by atoms with E-state index in [1.807, 2.05) is 50.1 Å². The molecule has 0 saturated heterocycles. The standard InChI is InChI=1S/C26H26N6O2/c1-4-27-26(34)21-9-8-17(13-28-21)22-12-16-6-5-7-18(19(16)14-29-22)25-20-15-31(2)24(33)11-10-23(20)32(3)30-25/h5-9,12-14H,4,10-11,15H2,1-3H3,(H,27,34). The fourth-order valence-electron chi connectivity index (χ4n) is 4.51. The number of nitrogens with zero attached hydrogens (tertiary/aromatic N) is 5. The van der Waals surface area contributed by atoms with Crippen molar-refractivity contribution in [3.8, 4) is 22.5 Å². The molecule has 0 saturated carbocycles. The molecule has 0 radical (unpaired) electrons. The number of pyridine rings is 2. The SMILES string of the molecule is CCNC(=O)c1ccc(-c2cc3cccc(-c4nn(C)c5c4CN(C)C(=O)CC5)c3cn2)cn1. The van der Waals surface area contributed by atoms with Gasteiger partial charge in [-0.05, 0) is 36.9 Å². The lowest BCUT2D eigenvalue weighted by molar-refractivity contribution is -0.130. The first-order valence-electron chi connectivity index (χ1n) is 11.4. The molecule has 0 spiro atoms. The molecule has 8 nitrogen and oxygen atoms in total. The summed E-state index contributed by atoms with van der Waals surface area (Å²) >= 11 is 0. The molecule has 1 N–H and O–H groups in total. The van der Waals surface area contributed by atoms with Gasteiger partial charge in [0.1, 0.15) is 5.69 Å². The van der Waals surface area contributed by atoms with Crippen LogP contribution >= 0.6 is 0 Å². The molecule has 0 fully saturated rings. The molecule has 0 bridgehead atoms. The fourth-order valence-corrected chi connectivity index (χ4v) is 4.51. The molecular weight excluding hydrogens is 428 g/mol. The maximum absolute atomic E-state index is 12.3. The van der Waals surface area contributed by atoms with Crippen molar-refractivity contribution < 1.29 is 9.59 Å². The van der Waals surface area contributed by atoms with Crippen LogP contribution in [0.2, 0.25) is 0 Å². The summed E-state index contributed by atoms with van der Waals surface area (Å²) in [6.45, 7) is 2.98. The van der Waals surface area contributed by atoms with E-state index in [1.165, 1.54) is 0 Å². The number of aryl methyl sites for hydroxylation is 1. The number of amides is 2. The predicted molar refractivity (Wildman–Crippen MR) is 130 cm³/mol. The van der Waals surface area contributed by atoms with Crippen molar-refractivity contribution >= 4 is 22.6 Å². The molecule has 5 rings (SSSR count). The third-order valence-electron chi connectivity index (χ3n) is 6.32. The summed E-state index contributed by atoms with van der Waals surface area (Å²) < 4.78 is 1.90. The van der Waals surface area contributed by atoms with E-state index in [0.717, 1.165) is 44.5 Å². The molecular formula is C26H26N6O2. The summed E-state index contributed by atoms with van der Waals surface area (Å²) in [6.07, 6.45) is 4.72. The maximum Gasteiger partial charge on any atom is 0.269 e. The van der Waals surface area contributed by atoms with E-state index in [9.17, 15) is 9.59 Å². The number of benzene rings is 1. The maximum atomic E-state index is 12.3. The predicted octanol–water partition coefficient (Wildman–Crippen LogP) is 3.35. The highest BCUT2D eigenvalue weighted by atomic mass is 16.2. The van der Waals surface area contributed by atoms with Crippen LogP contribution < -0.4 is 5.32 Å². The minimum atomic E-state index is -0.188. The fraction of sp³-hybridized carbons (Fsp3) is 0.269. The summed E-state index contributed by atoms with van der Waals surface area (Å²) in [5.41, 5.74) is 6.10. The van der Waals surface area contributed by atoms with Crippen LogP contribution in [0.25, 0.3) is 33.3 Å². The zero-order valence-corrected chi connectivity index (χ0v) is 19.5. The second-order valence-corrected chi connectivity index (χ2v) is 8.54. The third kappa shape index (κ3) is 3.81. The largest absolute Gasteiger partial charge is 0.351 e. The van der Waals surface area contributed by atoms with Gasteiger partial charge < -0.3 is 10.2 Å².